The van der Waals surface area contributed by atoms with Crippen molar-refractivity contribution in [1.82, 2.24) is 4.31 Å². The van der Waals surface area contributed by atoms with Gasteiger partial charge in [-0.25, -0.2) is 8.42 Å². The fraction of sp³-hybridized carbons (Fsp3) is 0.700. The van der Waals surface area contributed by atoms with Crippen LogP contribution in [0.25, 0.3) is 0 Å². The van der Waals surface area contributed by atoms with Gasteiger partial charge in [0.2, 0.25) is 10.0 Å². The van der Waals surface area contributed by atoms with Gasteiger partial charge < -0.3 is 9.64 Å². The number of hydrogen-bond acceptors (Lipinski definition) is 6. The molecule has 0 aromatic heterocycles. The Kier molecular flexibility index (Phi) is 6.80. The van der Waals surface area contributed by atoms with Crippen LogP contribution in [0.5, 0.6) is 0 Å². The number of hydrogen-bond donors (Lipinski definition) is 0. The monoisotopic (exact) mass is 425 g/mol. The lowest BCUT2D eigenvalue weighted by Gasteiger charge is -2.34. The smallest absolute Gasteiger partial charge is 0.293 e. The molecule has 0 bridgehead atoms. The fourth-order valence-corrected chi connectivity index (χ4v) is 6.16. The Labute approximate surface area is 173 Å². The summed E-state index contributed by atoms with van der Waals surface area (Å²) < 4.78 is 33.4. The highest BCUT2D eigenvalue weighted by Gasteiger charge is 2.33. The number of piperidine rings is 1. The molecule has 9 heteroatoms. The van der Waals surface area contributed by atoms with E-state index < -0.39 is 14.9 Å². The third kappa shape index (κ3) is 4.90. The first kappa shape index (κ1) is 22.0. The number of sulfonamides is 1. The average molecular weight is 426 g/mol. The van der Waals surface area contributed by atoms with E-state index in [2.05, 4.69) is 0 Å². The molecule has 3 unspecified atom stereocenters. The first-order chi connectivity index (χ1) is 13.7. The van der Waals surface area contributed by atoms with Crippen LogP contribution < -0.4 is 4.90 Å². The van der Waals surface area contributed by atoms with Crippen molar-refractivity contribution in [1.29, 1.82) is 0 Å². The van der Waals surface area contributed by atoms with Crippen molar-refractivity contribution < 1.29 is 18.1 Å². The normalized spacial score (nSPS) is 25.8. The maximum absolute atomic E-state index is 13.2. The lowest BCUT2D eigenvalue weighted by atomic mass is 9.94. The number of ether oxygens (including phenoxy) is 1. The molecule has 162 valence electrons. The van der Waals surface area contributed by atoms with E-state index in [0.717, 1.165) is 19.3 Å². The third-order valence-corrected chi connectivity index (χ3v) is 7.61. The summed E-state index contributed by atoms with van der Waals surface area (Å²) in [6, 6.07) is 4.28. The molecule has 8 nitrogen and oxygen atoms in total. The van der Waals surface area contributed by atoms with Gasteiger partial charge in [0.1, 0.15) is 5.69 Å². The summed E-state index contributed by atoms with van der Waals surface area (Å²) >= 11 is 0. The Morgan fingerprint density at radius 2 is 1.97 bits per heavy atom. The van der Waals surface area contributed by atoms with Crippen molar-refractivity contribution in [2.75, 3.05) is 37.7 Å². The minimum absolute atomic E-state index is 0.0116. The molecule has 3 rings (SSSR count). The minimum atomic E-state index is -3.77. The van der Waals surface area contributed by atoms with Gasteiger partial charge in [0.15, 0.2) is 0 Å². The topological polar surface area (TPSA) is 93.0 Å². The van der Waals surface area contributed by atoms with Gasteiger partial charge >= 0.3 is 0 Å². The Hall–Kier alpha value is -1.71. The van der Waals surface area contributed by atoms with Crippen molar-refractivity contribution in [3.05, 3.63) is 28.3 Å². The maximum Gasteiger partial charge on any atom is 0.293 e. The predicted molar refractivity (Wildman–Crippen MR) is 112 cm³/mol. The zero-order valence-corrected chi connectivity index (χ0v) is 18.2. The van der Waals surface area contributed by atoms with E-state index in [-0.39, 0.29) is 28.5 Å². The first-order valence-electron chi connectivity index (χ1n) is 10.4. The summed E-state index contributed by atoms with van der Waals surface area (Å²) in [4.78, 5) is 13.2. The van der Waals surface area contributed by atoms with Gasteiger partial charge in [-0.05, 0) is 50.2 Å². The van der Waals surface area contributed by atoms with Crippen LogP contribution in [-0.4, -0.2) is 56.5 Å². The Morgan fingerprint density at radius 1 is 1.28 bits per heavy atom. The first-order valence-corrected chi connectivity index (χ1v) is 11.8. The van der Waals surface area contributed by atoms with E-state index in [0.29, 0.717) is 38.5 Å². The molecule has 2 fully saturated rings. The molecule has 2 aliphatic rings. The molecular formula is C20H31N3O5S. The summed E-state index contributed by atoms with van der Waals surface area (Å²) in [6.45, 7) is 8.75. The van der Waals surface area contributed by atoms with Gasteiger partial charge in [-0.15, -0.1) is 0 Å². The number of nitrogens with zero attached hydrogens (tertiary/aromatic N) is 3. The molecule has 29 heavy (non-hydrogen) atoms. The van der Waals surface area contributed by atoms with E-state index in [4.69, 9.17) is 4.74 Å². The van der Waals surface area contributed by atoms with Crippen molar-refractivity contribution in [2.24, 2.45) is 11.8 Å². The highest BCUT2D eigenvalue weighted by atomic mass is 32.2. The van der Waals surface area contributed by atoms with Crippen molar-refractivity contribution in [3.8, 4) is 0 Å². The van der Waals surface area contributed by atoms with Crippen LogP contribution in [0.1, 0.15) is 40.0 Å². The second-order valence-corrected chi connectivity index (χ2v) is 10.3. The molecule has 0 spiro atoms. The van der Waals surface area contributed by atoms with E-state index in [1.54, 1.807) is 6.07 Å². The lowest BCUT2D eigenvalue weighted by molar-refractivity contribution is -0.384. The second-order valence-electron chi connectivity index (χ2n) is 8.35. The number of nitro benzene ring substituents is 1. The van der Waals surface area contributed by atoms with Crippen molar-refractivity contribution in [2.45, 2.75) is 51.0 Å². The zero-order valence-electron chi connectivity index (χ0n) is 17.4. The molecule has 1 aromatic rings. The molecule has 0 N–H and O–H groups in total. The van der Waals surface area contributed by atoms with Gasteiger partial charge in [-0.1, -0.05) is 13.8 Å². The molecule has 0 saturated carbocycles. The maximum atomic E-state index is 13.2. The Balaban J connectivity index is 1.91. The molecule has 2 aliphatic heterocycles. The average Bonchev–Trinajstić information content (AvgIpc) is 3.18. The number of anilines is 1. The quantitative estimate of drug-likeness (QED) is 0.492. The van der Waals surface area contributed by atoms with E-state index >= 15 is 0 Å². The van der Waals surface area contributed by atoms with Crippen LogP contribution in [0.15, 0.2) is 23.1 Å². The van der Waals surface area contributed by atoms with Crippen LogP contribution >= 0.6 is 0 Å². The largest absolute Gasteiger partial charge is 0.376 e. The van der Waals surface area contributed by atoms with Gasteiger partial charge in [0, 0.05) is 38.9 Å². The molecule has 0 amide bonds. The summed E-state index contributed by atoms with van der Waals surface area (Å²) in [6.07, 6.45) is 2.96. The number of benzene rings is 1. The van der Waals surface area contributed by atoms with E-state index in [1.807, 2.05) is 25.7 Å². The summed E-state index contributed by atoms with van der Waals surface area (Å²) in [7, 11) is -3.77. The van der Waals surface area contributed by atoms with Crippen LogP contribution in [0.4, 0.5) is 11.4 Å². The predicted octanol–water partition coefficient (Wildman–Crippen LogP) is 3.27. The zero-order chi connectivity index (χ0) is 21.2. The van der Waals surface area contributed by atoms with Crippen molar-refractivity contribution in [3.63, 3.8) is 0 Å². The third-order valence-electron chi connectivity index (χ3n) is 5.79. The Bertz CT molecular complexity index is 829. The second kappa shape index (κ2) is 8.97. The summed E-state index contributed by atoms with van der Waals surface area (Å²) in [5.41, 5.74) is 0.261. The highest BCUT2D eigenvalue weighted by molar-refractivity contribution is 7.89. The van der Waals surface area contributed by atoms with Crippen LogP contribution in [-0.2, 0) is 14.8 Å². The molecule has 0 aliphatic carbocycles. The van der Waals surface area contributed by atoms with E-state index in [1.165, 1.54) is 16.4 Å². The highest BCUT2D eigenvalue weighted by Crippen LogP contribution is 2.34. The molecule has 2 saturated heterocycles. The van der Waals surface area contributed by atoms with Gasteiger partial charge in [0.05, 0.1) is 15.9 Å². The van der Waals surface area contributed by atoms with Crippen LogP contribution in [0.2, 0.25) is 0 Å². The summed E-state index contributed by atoms with van der Waals surface area (Å²) in [5, 5.41) is 11.8. The van der Waals surface area contributed by atoms with Gasteiger partial charge in [0.25, 0.3) is 5.69 Å². The molecule has 1 aromatic carbocycles. The molecule has 0 radical (unpaired) electrons. The van der Waals surface area contributed by atoms with Crippen LogP contribution in [0.3, 0.4) is 0 Å². The minimum Gasteiger partial charge on any atom is -0.376 e. The fourth-order valence-electron chi connectivity index (χ4n) is 4.46. The molecule has 3 atom stereocenters. The van der Waals surface area contributed by atoms with Crippen molar-refractivity contribution >= 4 is 21.4 Å². The van der Waals surface area contributed by atoms with Crippen LogP contribution in [0, 0.1) is 22.0 Å². The van der Waals surface area contributed by atoms with E-state index in [9.17, 15) is 18.5 Å². The summed E-state index contributed by atoms with van der Waals surface area (Å²) in [5.74, 6) is 0.537. The van der Waals surface area contributed by atoms with Gasteiger partial charge in [-0.2, -0.15) is 4.31 Å². The Morgan fingerprint density at radius 3 is 2.52 bits per heavy atom. The molecular weight excluding hydrogens is 394 g/mol. The number of nitro groups is 1. The van der Waals surface area contributed by atoms with Gasteiger partial charge in [-0.3, -0.25) is 10.1 Å². The number of rotatable bonds is 7. The SMILES string of the molecule is CCN(CC1CCCO1)c1ccc(S(=O)(=O)N2CC(C)CC(C)C2)cc1[N+](=O)[O-]. The lowest BCUT2D eigenvalue weighted by Crippen LogP contribution is -2.42. The molecule has 2 heterocycles. The number of likely N-dealkylation sites (N-methyl/N-ethyl adjacent to an activating group) is 1. The standard InChI is InChI=1S/C20H31N3O5S/c1-4-21(14-17-6-5-9-28-17)19-8-7-18(11-20(19)23(24)25)29(26,27)22-12-15(2)10-16(3)13-22/h7-8,11,15-17H,4-6,9-10,12-14H2,1-3H3.